The predicted molar refractivity (Wildman–Crippen MR) is 370 cm³/mol. The van der Waals surface area contributed by atoms with Crippen molar-refractivity contribution < 1.29 is 105 Å². The van der Waals surface area contributed by atoms with E-state index in [4.69, 9.17) is 56.8 Å². The molecule has 102 heavy (non-hydrogen) atoms. The lowest BCUT2D eigenvalue weighted by Gasteiger charge is -2.31. The molecule has 0 aliphatic carbocycles. The van der Waals surface area contributed by atoms with E-state index in [1.165, 1.54) is 19.3 Å². The van der Waals surface area contributed by atoms with E-state index in [-0.39, 0.29) is 118 Å². The highest BCUT2D eigenvalue weighted by Crippen LogP contribution is 2.40. The molecule has 29 heteroatoms. The number of aliphatic imine (C=N–C) groups is 1. The van der Waals surface area contributed by atoms with Crippen molar-refractivity contribution in [3.05, 3.63) is 88.5 Å². The SMILES string of the molecule is COc1cc2c(cc1OCCCOc1cc3c(cc1C)C(=O)N1CCC[C@H]1[C@H](O)N3C(=O)OCc1ccc(CC(=O)[C@H](C)NC(=O)[C@@H](CC(=O)CCOCCOCCOCCOCCOCCOCCOCCOCCNC(=O)CCN3C(=O)C=CC3=O)C(C)C)cc1)N=C[C@@H]1CCCN1C2=O. The second-order valence-electron chi connectivity index (χ2n) is 25.4. The molecule has 5 heterocycles. The maximum absolute atomic E-state index is 14.2. The number of hydrogen-bond donors (Lipinski definition) is 3. The zero-order chi connectivity index (χ0) is 72.8. The highest BCUT2D eigenvalue weighted by atomic mass is 16.6. The lowest BCUT2D eigenvalue weighted by atomic mass is 9.88. The number of benzene rings is 3. The van der Waals surface area contributed by atoms with Crippen LogP contribution in [0.3, 0.4) is 0 Å². The van der Waals surface area contributed by atoms with E-state index >= 15 is 0 Å². The summed E-state index contributed by atoms with van der Waals surface area (Å²) in [4.78, 5) is 127. The van der Waals surface area contributed by atoms with Crippen LogP contribution in [-0.4, -0.2) is 256 Å². The first-order valence-corrected chi connectivity index (χ1v) is 35.2. The summed E-state index contributed by atoms with van der Waals surface area (Å²) < 4.78 is 67.9. The largest absolute Gasteiger partial charge is 0.493 e. The number of amides is 7. The van der Waals surface area contributed by atoms with Gasteiger partial charge in [0.25, 0.3) is 23.6 Å². The Morgan fingerprint density at radius 1 is 0.627 bits per heavy atom. The average Bonchev–Trinajstić information content (AvgIpc) is 1.59. The highest BCUT2D eigenvalue weighted by molar-refractivity contribution is 6.13. The zero-order valence-corrected chi connectivity index (χ0v) is 59.2. The van der Waals surface area contributed by atoms with Crippen LogP contribution < -0.4 is 29.7 Å². The van der Waals surface area contributed by atoms with E-state index in [0.29, 0.717) is 177 Å². The Morgan fingerprint density at radius 2 is 1.19 bits per heavy atom. The Hall–Kier alpha value is -8.26. The molecule has 0 bridgehead atoms. The Morgan fingerprint density at radius 3 is 1.79 bits per heavy atom. The zero-order valence-electron chi connectivity index (χ0n) is 59.2. The van der Waals surface area contributed by atoms with Crippen molar-refractivity contribution in [3.63, 3.8) is 0 Å². The summed E-state index contributed by atoms with van der Waals surface area (Å²) in [6.45, 7) is 14.5. The number of anilines is 1. The molecule has 3 aromatic rings. The van der Waals surface area contributed by atoms with Crippen molar-refractivity contribution in [2.75, 3.05) is 157 Å². The number of methoxy groups -OCH3 is 1. The van der Waals surface area contributed by atoms with Crippen molar-refractivity contribution in [1.29, 1.82) is 0 Å². The van der Waals surface area contributed by atoms with Gasteiger partial charge in [-0.15, -0.1) is 0 Å². The van der Waals surface area contributed by atoms with Gasteiger partial charge in [-0.2, -0.15) is 0 Å². The lowest BCUT2D eigenvalue weighted by molar-refractivity contribution is -0.137. The van der Waals surface area contributed by atoms with Crippen LogP contribution >= 0.6 is 0 Å². The number of hydrogen-bond acceptors (Lipinski definition) is 23. The summed E-state index contributed by atoms with van der Waals surface area (Å²) in [5, 5.41) is 17.3. The Balaban J connectivity index is 0.638. The molecule has 5 aliphatic heterocycles. The summed E-state index contributed by atoms with van der Waals surface area (Å²) in [6, 6.07) is 12.0. The minimum atomic E-state index is -1.42. The van der Waals surface area contributed by atoms with Gasteiger partial charge in [-0.25, -0.2) is 9.69 Å². The predicted octanol–water partition coefficient (Wildman–Crippen LogP) is 5.05. The number of carbonyl (C=O) groups is 9. The molecule has 0 radical (unpaired) electrons. The molecule has 5 aliphatic rings. The maximum Gasteiger partial charge on any atom is 0.416 e. The fourth-order valence-corrected chi connectivity index (χ4v) is 12.0. The average molecular weight is 1430 g/mol. The van der Waals surface area contributed by atoms with Crippen LogP contribution in [-0.2, 0) is 84.4 Å². The summed E-state index contributed by atoms with van der Waals surface area (Å²) in [7, 11) is 1.51. The number of ether oxygens (including phenoxy) is 12. The van der Waals surface area contributed by atoms with Crippen molar-refractivity contribution in [2.24, 2.45) is 16.8 Å². The molecule has 8 rings (SSSR count). The number of nitrogens with one attached hydrogen (secondary N) is 2. The molecule has 0 saturated carbocycles. The van der Waals surface area contributed by atoms with Gasteiger partial charge in [0.1, 0.15) is 18.1 Å². The number of nitrogens with zero attached hydrogens (tertiary/aromatic N) is 5. The first-order chi connectivity index (χ1) is 49.4. The smallest absolute Gasteiger partial charge is 0.416 e. The molecule has 0 unspecified atom stereocenters. The molecule has 2 saturated heterocycles. The normalized spacial score (nSPS) is 17.5. The molecule has 7 amide bonds. The first-order valence-electron chi connectivity index (χ1n) is 35.2. The number of carbonyl (C=O) groups excluding carboxylic acids is 9. The Kier molecular flexibility index (Phi) is 32.5. The molecule has 5 atom stereocenters. The van der Waals surface area contributed by atoms with E-state index in [2.05, 4.69) is 15.6 Å². The van der Waals surface area contributed by atoms with E-state index in [1.807, 2.05) is 25.0 Å². The molecule has 2 fully saturated rings. The van der Waals surface area contributed by atoms with Crippen molar-refractivity contribution >= 4 is 70.7 Å². The van der Waals surface area contributed by atoms with Crippen LogP contribution in [0.2, 0.25) is 0 Å². The van der Waals surface area contributed by atoms with E-state index < -0.39 is 48.0 Å². The van der Waals surface area contributed by atoms with Crippen LogP contribution in [0.25, 0.3) is 0 Å². The summed E-state index contributed by atoms with van der Waals surface area (Å²) in [5.74, 6) is -1.89. The summed E-state index contributed by atoms with van der Waals surface area (Å²) >= 11 is 0. The van der Waals surface area contributed by atoms with Crippen molar-refractivity contribution in [3.8, 4) is 17.2 Å². The fraction of sp³-hybridized carbons (Fsp3) is 0.589. The maximum atomic E-state index is 14.2. The van der Waals surface area contributed by atoms with Gasteiger partial charge in [-0.1, -0.05) is 38.1 Å². The van der Waals surface area contributed by atoms with Gasteiger partial charge in [0.15, 0.2) is 23.5 Å². The van der Waals surface area contributed by atoms with Crippen LogP contribution in [0.15, 0.2) is 65.7 Å². The van der Waals surface area contributed by atoms with Crippen LogP contribution in [0.4, 0.5) is 16.2 Å². The molecule has 0 aromatic heterocycles. The molecule has 0 spiro atoms. The number of fused-ring (bicyclic) bond motifs is 4. The number of aliphatic hydroxyl groups excluding tert-OH is 1. The Labute approximate surface area is 595 Å². The first kappa shape index (κ1) is 79.4. The summed E-state index contributed by atoms with van der Waals surface area (Å²) in [5.41, 5.74) is 3.24. The van der Waals surface area contributed by atoms with Gasteiger partial charge in [0.2, 0.25) is 11.8 Å². The van der Waals surface area contributed by atoms with Crippen LogP contribution in [0.1, 0.15) is 110 Å². The van der Waals surface area contributed by atoms with Crippen molar-refractivity contribution in [2.45, 2.75) is 116 Å². The number of aryl methyl sites for hydroxylation is 1. The molecule has 29 nitrogen and oxygen atoms in total. The number of aliphatic hydroxyl groups is 1. The third-order valence-electron chi connectivity index (χ3n) is 17.8. The third-order valence-corrected chi connectivity index (χ3v) is 17.8. The minimum Gasteiger partial charge on any atom is -0.493 e. The molecular formula is C73H99N7O22. The second-order valence-corrected chi connectivity index (χ2v) is 25.4. The lowest BCUT2D eigenvalue weighted by Crippen LogP contribution is -2.50. The molecular weight excluding hydrogens is 1330 g/mol. The van der Waals surface area contributed by atoms with Gasteiger partial charge in [0.05, 0.1) is 167 Å². The van der Waals surface area contributed by atoms with Gasteiger partial charge in [-0.3, -0.25) is 48.2 Å². The molecule has 3 aromatic carbocycles. The quantitative estimate of drug-likeness (QED) is 0.0492. The van der Waals surface area contributed by atoms with E-state index in [0.717, 1.165) is 22.6 Å². The van der Waals surface area contributed by atoms with Crippen LogP contribution in [0, 0.1) is 18.8 Å². The van der Waals surface area contributed by atoms with E-state index in [1.54, 1.807) is 67.3 Å². The van der Waals surface area contributed by atoms with Crippen molar-refractivity contribution in [1.82, 2.24) is 25.3 Å². The number of Topliss-reactive ketones (excluding diaryl/α,β-unsaturated/α-hetero) is 2. The fourth-order valence-electron chi connectivity index (χ4n) is 12.0. The van der Waals surface area contributed by atoms with Gasteiger partial charge in [0, 0.05) is 94.7 Å². The minimum absolute atomic E-state index is 0.000883. The number of imide groups is 1. The molecule has 558 valence electrons. The summed E-state index contributed by atoms with van der Waals surface area (Å²) in [6.07, 6.45) is 5.37. The topological polar surface area (TPSA) is 334 Å². The number of ketones is 2. The van der Waals surface area contributed by atoms with Gasteiger partial charge in [-0.05, 0) is 74.3 Å². The number of rotatable bonds is 47. The van der Waals surface area contributed by atoms with E-state index in [9.17, 15) is 48.3 Å². The standard InChI is InChI=1S/C73H99N7O22/c1-49(2)56(43-55(81)18-25-92-27-29-94-31-33-96-35-37-98-39-40-99-38-36-97-34-32-95-30-28-93-26-19-74-66(83)17-22-79-67(84)15-16-68(79)85)69(86)76-51(4)62(82)42-52-11-13-53(14-12-52)48-102-73(90)80-61-46-63(50(3)41-58(61)71(88)78-21-7-10-60(78)72(80)89)100-23-8-24-101-65-45-59-57(44-64(65)91-5)70(87)77-20-6-9-54(77)47-75-59/h11-16,41,44-47,49,51,54,56,60,72,89H,6-10,17-40,42-43,48H2,1-5H3,(H,74,83)(H,76,86)/t51-,54-,56-,60-,72-/m0/s1. The monoisotopic (exact) mass is 1430 g/mol. The second kappa shape index (κ2) is 41.7. The Bertz CT molecular complexity index is 3350. The van der Waals surface area contributed by atoms with Gasteiger partial charge < -0.3 is 82.4 Å². The third kappa shape index (κ3) is 23.9. The van der Waals surface area contributed by atoms with Crippen LogP contribution in [0.5, 0.6) is 17.2 Å². The highest BCUT2D eigenvalue weighted by Gasteiger charge is 2.45. The molecule has 3 N–H and O–H groups in total. The van der Waals surface area contributed by atoms with Gasteiger partial charge >= 0.3 is 6.09 Å².